The molecule has 216 valence electrons. The van der Waals surface area contributed by atoms with Gasteiger partial charge in [-0.1, -0.05) is 6.07 Å². The van der Waals surface area contributed by atoms with Crippen molar-refractivity contribution in [2.45, 2.75) is 62.8 Å². The summed E-state index contributed by atoms with van der Waals surface area (Å²) in [5.74, 6) is -5.43. The highest BCUT2D eigenvalue weighted by Gasteiger charge is 2.45. The van der Waals surface area contributed by atoms with Gasteiger partial charge in [0.15, 0.2) is 0 Å². The number of likely N-dealkylation sites (tertiary alicyclic amines) is 2. The van der Waals surface area contributed by atoms with E-state index in [1.807, 2.05) is 11.3 Å². The number of hydrogen-bond acceptors (Lipinski definition) is 7. The first-order chi connectivity index (χ1) is 17.7. The molecule has 0 aromatic carbocycles. The zero-order chi connectivity index (χ0) is 28.5. The third-order valence-corrected chi connectivity index (χ3v) is 6.90. The number of carbonyl (C=O) groups excluding carboxylic acids is 1. The Hall–Kier alpha value is -2.43. The molecule has 3 aliphatic heterocycles. The Morgan fingerprint density at radius 3 is 2.11 bits per heavy atom. The number of ether oxygens (including phenoxy) is 1. The van der Waals surface area contributed by atoms with Gasteiger partial charge in [0.05, 0.1) is 6.10 Å². The molecule has 9 nitrogen and oxygen atoms in total. The molecule has 0 saturated carbocycles. The van der Waals surface area contributed by atoms with E-state index in [0.717, 1.165) is 39.0 Å². The average Bonchev–Trinajstić information content (AvgIpc) is 3.61. The number of rotatable bonds is 6. The van der Waals surface area contributed by atoms with Crippen molar-refractivity contribution in [3.8, 4) is 0 Å². The molecule has 4 rings (SSSR count). The molecule has 1 aromatic rings. The number of nitrogens with zero attached hydrogens (tertiary/aromatic N) is 2. The molecule has 1 amide bonds. The lowest BCUT2D eigenvalue weighted by Gasteiger charge is -2.22. The minimum Gasteiger partial charge on any atom is -0.475 e. The Labute approximate surface area is 218 Å². The van der Waals surface area contributed by atoms with Gasteiger partial charge in [0.2, 0.25) is 5.91 Å². The summed E-state index contributed by atoms with van der Waals surface area (Å²) in [5.41, 5.74) is 0. The number of hydrogen-bond donors (Lipinski definition) is 3. The van der Waals surface area contributed by atoms with E-state index in [1.165, 1.54) is 30.8 Å². The van der Waals surface area contributed by atoms with Gasteiger partial charge in [-0.25, -0.2) is 9.59 Å². The third-order valence-electron chi connectivity index (χ3n) is 6.04. The highest BCUT2D eigenvalue weighted by atomic mass is 32.1. The van der Waals surface area contributed by atoms with E-state index in [4.69, 9.17) is 24.5 Å². The van der Waals surface area contributed by atoms with Crippen molar-refractivity contribution < 1.29 is 55.7 Å². The minimum absolute atomic E-state index is 0.0830. The molecule has 0 spiro atoms. The second-order valence-electron chi connectivity index (χ2n) is 8.75. The summed E-state index contributed by atoms with van der Waals surface area (Å²) in [6.45, 7) is 6.14. The number of amides is 1. The lowest BCUT2D eigenvalue weighted by Crippen LogP contribution is -2.40. The minimum atomic E-state index is -5.08. The summed E-state index contributed by atoms with van der Waals surface area (Å²) in [4.78, 5) is 36.5. The number of carboxylic acids is 2. The van der Waals surface area contributed by atoms with Gasteiger partial charge in [-0.05, 0) is 43.8 Å². The third kappa shape index (κ3) is 10.4. The van der Waals surface area contributed by atoms with Crippen molar-refractivity contribution in [2.24, 2.45) is 0 Å². The molecule has 0 aliphatic carbocycles. The van der Waals surface area contributed by atoms with Crippen LogP contribution in [-0.4, -0.2) is 101 Å². The number of nitrogens with one attached hydrogen (secondary N) is 1. The number of alkyl halides is 6. The van der Waals surface area contributed by atoms with Crippen LogP contribution in [0.15, 0.2) is 17.5 Å². The molecule has 1 aromatic heterocycles. The van der Waals surface area contributed by atoms with Gasteiger partial charge >= 0.3 is 24.3 Å². The lowest BCUT2D eigenvalue weighted by atomic mass is 10.1. The van der Waals surface area contributed by atoms with Gasteiger partial charge < -0.3 is 25.2 Å². The van der Waals surface area contributed by atoms with Crippen LogP contribution < -0.4 is 5.32 Å². The molecule has 3 saturated heterocycles. The highest BCUT2D eigenvalue weighted by molar-refractivity contribution is 7.09. The van der Waals surface area contributed by atoms with Crippen LogP contribution >= 0.6 is 11.3 Å². The van der Waals surface area contributed by atoms with Crippen molar-refractivity contribution in [3.63, 3.8) is 0 Å². The first-order valence-electron chi connectivity index (χ1n) is 11.7. The van der Waals surface area contributed by atoms with Crippen molar-refractivity contribution in [3.05, 3.63) is 22.4 Å². The molecule has 0 bridgehead atoms. The van der Waals surface area contributed by atoms with Crippen LogP contribution in [-0.2, 0) is 25.7 Å². The van der Waals surface area contributed by atoms with Crippen LogP contribution in [0.2, 0.25) is 0 Å². The molecule has 16 heteroatoms. The Bertz CT molecular complexity index is 884. The Kier molecular flexibility index (Phi) is 11.8. The number of carbonyl (C=O) groups is 3. The first-order valence-corrected chi connectivity index (χ1v) is 12.6. The van der Waals surface area contributed by atoms with E-state index in [9.17, 15) is 31.1 Å². The smallest absolute Gasteiger partial charge is 0.475 e. The number of halogens is 6. The fraction of sp³-hybridized carbons (Fsp3) is 0.682. The molecular formula is C22H29F6N3O6S. The van der Waals surface area contributed by atoms with Crippen LogP contribution in [0.4, 0.5) is 26.3 Å². The maximum Gasteiger partial charge on any atom is 0.490 e. The van der Waals surface area contributed by atoms with Gasteiger partial charge in [0.25, 0.3) is 0 Å². The quantitative estimate of drug-likeness (QED) is 0.442. The molecule has 3 fully saturated rings. The molecule has 4 heterocycles. The average molecular weight is 578 g/mol. The molecule has 38 heavy (non-hydrogen) atoms. The second-order valence-corrected chi connectivity index (χ2v) is 9.78. The first kappa shape index (κ1) is 31.8. The monoisotopic (exact) mass is 577 g/mol. The van der Waals surface area contributed by atoms with Crippen LogP contribution in [0, 0.1) is 0 Å². The van der Waals surface area contributed by atoms with Crippen molar-refractivity contribution >= 4 is 29.2 Å². The molecule has 3 atom stereocenters. The number of carboxylic acid groups (broad SMARTS) is 2. The summed E-state index contributed by atoms with van der Waals surface area (Å²) in [7, 11) is 0. The zero-order valence-corrected chi connectivity index (χ0v) is 20.9. The van der Waals surface area contributed by atoms with E-state index in [2.05, 4.69) is 32.6 Å². The Morgan fingerprint density at radius 2 is 1.61 bits per heavy atom. The van der Waals surface area contributed by atoms with E-state index in [0.29, 0.717) is 6.04 Å². The standard InChI is InChI=1S/C18H27N3O2S.2C2HF3O2/c22-18(19-6-10-20-7-1-2-8-20)17-12-15-16(23-17)5-9-21(15)13-14-4-3-11-24-14;2*3-2(4,5)1(6)7/h3-4,11,15-17H,1-2,5-10,12-13H2,(H,19,22);2*(H,6,7)/t15-,16-,17+;;/m0../s1. The largest absolute Gasteiger partial charge is 0.490 e. The number of aliphatic carboxylic acids is 2. The topological polar surface area (TPSA) is 119 Å². The van der Waals surface area contributed by atoms with E-state index >= 15 is 0 Å². The van der Waals surface area contributed by atoms with Crippen LogP contribution in [0.1, 0.15) is 30.6 Å². The lowest BCUT2D eigenvalue weighted by molar-refractivity contribution is -0.193. The maximum absolute atomic E-state index is 12.4. The van der Waals surface area contributed by atoms with Crippen molar-refractivity contribution in [1.82, 2.24) is 15.1 Å². The van der Waals surface area contributed by atoms with E-state index < -0.39 is 24.3 Å². The predicted octanol–water partition coefficient (Wildman–Crippen LogP) is 2.96. The summed E-state index contributed by atoms with van der Waals surface area (Å²) < 4.78 is 69.5. The summed E-state index contributed by atoms with van der Waals surface area (Å²) in [6, 6.07) is 4.70. The van der Waals surface area contributed by atoms with Crippen LogP contribution in [0.3, 0.4) is 0 Å². The molecule has 3 aliphatic rings. The van der Waals surface area contributed by atoms with Gasteiger partial charge in [0.1, 0.15) is 6.10 Å². The fourth-order valence-electron chi connectivity index (χ4n) is 4.26. The van der Waals surface area contributed by atoms with Crippen molar-refractivity contribution in [1.29, 1.82) is 0 Å². The predicted molar refractivity (Wildman–Crippen MR) is 122 cm³/mol. The van der Waals surface area contributed by atoms with Crippen molar-refractivity contribution in [2.75, 3.05) is 32.7 Å². The Morgan fingerprint density at radius 1 is 1.03 bits per heavy atom. The van der Waals surface area contributed by atoms with Gasteiger partial charge in [-0.3, -0.25) is 9.69 Å². The number of thiophene rings is 1. The fourth-order valence-corrected chi connectivity index (χ4v) is 4.99. The Balaban J connectivity index is 0.000000301. The maximum atomic E-state index is 12.4. The van der Waals surface area contributed by atoms with Gasteiger partial charge in [-0.15, -0.1) is 11.3 Å². The zero-order valence-electron chi connectivity index (χ0n) is 20.1. The van der Waals surface area contributed by atoms with Crippen LogP contribution in [0.5, 0.6) is 0 Å². The SMILES string of the molecule is O=C(NCCN1CCCC1)[C@H]1C[C@H]2[C@H](CCN2Cc2cccs2)O1.O=C(O)C(F)(F)F.O=C(O)C(F)(F)F. The second kappa shape index (κ2) is 14.1. The molecule has 3 N–H and O–H groups in total. The van der Waals surface area contributed by atoms with Crippen LogP contribution in [0.25, 0.3) is 0 Å². The highest BCUT2D eigenvalue weighted by Crippen LogP contribution is 2.34. The van der Waals surface area contributed by atoms with Gasteiger partial charge in [-0.2, -0.15) is 26.3 Å². The van der Waals surface area contributed by atoms with E-state index in [1.54, 1.807) is 0 Å². The van der Waals surface area contributed by atoms with E-state index in [-0.39, 0.29) is 18.1 Å². The number of fused-ring (bicyclic) bond motifs is 1. The molecular weight excluding hydrogens is 548 g/mol. The molecule has 0 unspecified atom stereocenters. The summed E-state index contributed by atoms with van der Waals surface area (Å²) >= 11 is 1.81. The summed E-state index contributed by atoms with van der Waals surface area (Å²) in [6.07, 6.45) is -5.71. The summed E-state index contributed by atoms with van der Waals surface area (Å²) in [5, 5.41) is 19.5. The molecule has 0 radical (unpaired) electrons. The van der Waals surface area contributed by atoms with Gasteiger partial charge in [0, 0.05) is 43.5 Å². The normalized spacial score (nSPS) is 23.6.